The molecule has 74 heavy (non-hydrogen) atoms. The molecule has 0 aromatic heterocycles. The summed E-state index contributed by atoms with van der Waals surface area (Å²) >= 11 is 0. The van der Waals surface area contributed by atoms with E-state index in [-0.39, 0.29) is 12.8 Å². The molecule has 11 heteroatoms. The first-order valence-corrected chi connectivity index (χ1v) is 31.7. The number of hydrogen-bond acceptors (Lipinski definition) is 10. The van der Waals surface area contributed by atoms with Gasteiger partial charge in [0.15, 0.2) is 6.29 Å². The van der Waals surface area contributed by atoms with Crippen LogP contribution in [0.5, 0.6) is 0 Å². The first-order chi connectivity index (χ1) is 36.2. The highest BCUT2D eigenvalue weighted by Gasteiger charge is 2.44. The molecule has 438 valence electrons. The number of ether oxygens (including phenoxy) is 2. The number of allylic oxidation sites excluding steroid dienone is 4. The lowest BCUT2D eigenvalue weighted by Crippen LogP contribution is -2.60. The summed E-state index contributed by atoms with van der Waals surface area (Å²) in [6, 6.07) is -1.19. The first-order valence-electron chi connectivity index (χ1n) is 31.7. The van der Waals surface area contributed by atoms with Gasteiger partial charge in [0.25, 0.3) is 0 Å². The zero-order valence-electron chi connectivity index (χ0n) is 48.1. The van der Waals surface area contributed by atoms with Gasteiger partial charge >= 0.3 is 0 Å². The van der Waals surface area contributed by atoms with Crippen LogP contribution in [0.1, 0.15) is 303 Å². The molecule has 1 saturated heterocycles. The van der Waals surface area contributed by atoms with Crippen molar-refractivity contribution in [1.82, 2.24) is 5.32 Å². The highest BCUT2D eigenvalue weighted by Crippen LogP contribution is 2.24. The molecule has 9 atom stereocenters. The molecule has 8 N–H and O–H groups in total. The Hall–Kier alpha value is -1.41. The van der Waals surface area contributed by atoms with Crippen molar-refractivity contribution in [3.63, 3.8) is 0 Å². The van der Waals surface area contributed by atoms with Gasteiger partial charge in [0.05, 0.1) is 25.4 Å². The number of unbranched alkanes of at least 4 members (excludes halogenated alkanes) is 39. The molecule has 1 heterocycles. The second kappa shape index (κ2) is 52.3. The Kier molecular flexibility index (Phi) is 49.9. The summed E-state index contributed by atoms with van der Waals surface area (Å²) in [6.45, 7) is 3.49. The van der Waals surface area contributed by atoms with Crippen LogP contribution in [-0.2, 0) is 14.3 Å². The van der Waals surface area contributed by atoms with Crippen LogP contribution in [0.4, 0.5) is 0 Å². The molecule has 0 spiro atoms. The van der Waals surface area contributed by atoms with Crippen molar-refractivity contribution in [2.75, 3.05) is 13.2 Å². The van der Waals surface area contributed by atoms with E-state index < -0.39 is 74.2 Å². The third-order valence-electron chi connectivity index (χ3n) is 15.5. The van der Waals surface area contributed by atoms with E-state index in [2.05, 4.69) is 43.5 Å². The van der Waals surface area contributed by atoms with Crippen LogP contribution in [0.25, 0.3) is 0 Å². The monoisotopic (exact) mass is 1050 g/mol. The quantitative estimate of drug-likeness (QED) is 0.0215. The van der Waals surface area contributed by atoms with Crippen molar-refractivity contribution < 1.29 is 50.0 Å². The highest BCUT2D eigenvalue weighted by atomic mass is 16.7. The SMILES string of the molecule is CCCCCCCCCCCCCC/C=C\CCCCCCCCCCC(O)C(=O)NC(COC1OC(CO)C(O)C(O)C1O)C(O)C(O)CCC/C=C/CCCCCCCCCCCCCCCCCCCC. The molecule has 0 aliphatic carbocycles. The van der Waals surface area contributed by atoms with Crippen LogP contribution >= 0.6 is 0 Å². The van der Waals surface area contributed by atoms with Crippen LogP contribution in [-0.4, -0.2) is 110 Å². The zero-order chi connectivity index (χ0) is 54.0. The van der Waals surface area contributed by atoms with Crippen molar-refractivity contribution in [3.8, 4) is 0 Å². The summed E-state index contributed by atoms with van der Waals surface area (Å²) in [7, 11) is 0. The normalized spacial score (nSPS) is 19.9. The van der Waals surface area contributed by atoms with Crippen LogP contribution < -0.4 is 5.32 Å². The van der Waals surface area contributed by atoms with Gasteiger partial charge in [0, 0.05) is 0 Å². The molecule has 1 aliphatic heterocycles. The van der Waals surface area contributed by atoms with Gasteiger partial charge in [-0.3, -0.25) is 4.79 Å². The lowest BCUT2D eigenvalue weighted by molar-refractivity contribution is -0.303. The molecule has 1 aliphatic rings. The minimum atomic E-state index is -1.67. The summed E-state index contributed by atoms with van der Waals surface area (Å²) in [5, 5.41) is 76.3. The fraction of sp³-hybridized carbons (Fsp3) is 0.921. The Morgan fingerprint density at radius 3 is 1.16 bits per heavy atom. The Morgan fingerprint density at radius 2 is 0.797 bits per heavy atom. The highest BCUT2D eigenvalue weighted by molar-refractivity contribution is 5.80. The van der Waals surface area contributed by atoms with Crippen molar-refractivity contribution in [2.45, 2.75) is 358 Å². The topological polar surface area (TPSA) is 189 Å². The maximum absolute atomic E-state index is 13.2. The van der Waals surface area contributed by atoms with Crippen LogP contribution in [0.2, 0.25) is 0 Å². The van der Waals surface area contributed by atoms with Crippen LogP contribution in [0.15, 0.2) is 24.3 Å². The van der Waals surface area contributed by atoms with Crippen molar-refractivity contribution in [1.29, 1.82) is 0 Å². The van der Waals surface area contributed by atoms with Crippen molar-refractivity contribution >= 4 is 5.91 Å². The van der Waals surface area contributed by atoms with E-state index in [0.717, 1.165) is 44.9 Å². The van der Waals surface area contributed by atoms with Crippen molar-refractivity contribution in [3.05, 3.63) is 24.3 Å². The predicted molar refractivity (Wildman–Crippen MR) is 307 cm³/mol. The molecule has 9 unspecified atom stereocenters. The molecule has 1 rings (SSSR count). The summed E-state index contributed by atoms with van der Waals surface area (Å²) < 4.78 is 11.2. The van der Waals surface area contributed by atoms with Gasteiger partial charge in [-0.05, 0) is 64.2 Å². The maximum atomic E-state index is 13.2. The molecule has 0 saturated carbocycles. The fourth-order valence-electron chi connectivity index (χ4n) is 10.3. The smallest absolute Gasteiger partial charge is 0.249 e. The van der Waals surface area contributed by atoms with Gasteiger partial charge in [0.1, 0.15) is 36.6 Å². The summed E-state index contributed by atoms with van der Waals surface area (Å²) in [4.78, 5) is 13.2. The summed E-state index contributed by atoms with van der Waals surface area (Å²) in [5.74, 6) is -0.704. The lowest BCUT2D eigenvalue weighted by atomic mass is 9.98. The predicted octanol–water partition coefficient (Wildman–Crippen LogP) is 14.1. The number of hydrogen-bond donors (Lipinski definition) is 8. The summed E-state index contributed by atoms with van der Waals surface area (Å²) in [6.07, 6.45) is 52.4. The maximum Gasteiger partial charge on any atom is 0.249 e. The van der Waals surface area contributed by atoms with E-state index in [4.69, 9.17) is 9.47 Å². The van der Waals surface area contributed by atoms with Gasteiger partial charge in [-0.1, -0.05) is 263 Å². The second-order valence-electron chi connectivity index (χ2n) is 22.5. The largest absolute Gasteiger partial charge is 0.394 e. The Bertz CT molecular complexity index is 1250. The van der Waals surface area contributed by atoms with E-state index in [9.17, 15) is 40.5 Å². The third-order valence-corrected chi connectivity index (χ3v) is 15.5. The molecule has 1 amide bonds. The average molecular weight is 1050 g/mol. The number of rotatable bonds is 55. The number of aliphatic hydroxyl groups is 7. The minimum Gasteiger partial charge on any atom is -0.394 e. The Labute approximate surface area is 454 Å². The zero-order valence-corrected chi connectivity index (χ0v) is 48.1. The van der Waals surface area contributed by atoms with Gasteiger partial charge in [-0.15, -0.1) is 0 Å². The van der Waals surface area contributed by atoms with Crippen LogP contribution in [0, 0.1) is 0 Å². The number of amides is 1. The Morgan fingerprint density at radius 1 is 0.459 bits per heavy atom. The minimum absolute atomic E-state index is 0.252. The van der Waals surface area contributed by atoms with Gasteiger partial charge in [-0.2, -0.15) is 0 Å². The van der Waals surface area contributed by atoms with Gasteiger partial charge in [0.2, 0.25) is 5.91 Å². The van der Waals surface area contributed by atoms with Gasteiger partial charge in [-0.25, -0.2) is 0 Å². The van der Waals surface area contributed by atoms with E-state index in [1.54, 1.807) is 0 Å². The number of nitrogens with one attached hydrogen (secondary N) is 1. The number of aliphatic hydroxyl groups excluding tert-OH is 7. The fourth-order valence-corrected chi connectivity index (χ4v) is 10.3. The first kappa shape index (κ1) is 70.6. The molecular weight excluding hydrogens is 931 g/mol. The second-order valence-corrected chi connectivity index (χ2v) is 22.5. The standard InChI is InChI=1S/C63H121NO10/c1-3-5-7-9-11-13-15-17-19-21-23-25-27-29-31-33-35-37-39-41-43-45-47-49-51-56(67)62(72)64-54(53-73-63-61(71)60(70)59(69)57(52-65)74-63)58(68)55(66)50-48-46-44-42-40-38-36-34-32-30-28-26-24-22-20-18-16-14-12-10-8-6-4-2/h29,31,42,44,54-61,63,65-71H,3-28,30,32-41,43,45-53H2,1-2H3,(H,64,72)/b31-29-,44-42+. The lowest BCUT2D eigenvalue weighted by Gasteiger charge is -2.40. The number of carbonyl (C=O) groups is 1. The van der Waals surface area contributed by atoms with Crippen molar-refractivity contribution in [2.24, 2.45) is 0 Å². The van der Waals surface area contributed by atoms with E-state index in [0.29, 0.717) is 12.8 Å². The molecule has 0 bridgehead atoms. The average Bonchev–Trinajstić information content (AvgIpc) is 3.40. The third kappa shape index (κ3) is 39.9. The molecule has 1 fully saturated rings. The molecular formula is C63H121NO10. The van der Waals surface area contributed by atoms with E-state index in [1.807, 2.05) is 0 Å². The molecule has 0 aromatic carbocycles. The van der Waals surface area contributed by atoms with E-state index in [1.165, 1.54) is 218 Å². The molecule has 0 radical (unpaired) electrons. The van der Waals surface area contributed by atoms with Gasteiger partial charge < -0.3 is 50.5 Å². The molecule has 0 aromatic rings. The Balaban J connectivity index is 2.28. The van der Waals surface area contributed by atoms with E-state index >= 15 is 0 Å². The van der Waals surface area contributed by atoms with Crippen LogP contribution in [0.3, 0.4) is 0 Å². The molecule has 11 nitrogen and oxygen atoms in total. The number of carbonyl (C=O) groups excluding carboxylic acids is 1. The summed E-state index contributed by atoms with van der Waals surface area (Å²) in [5.41, 5.74) is 0.